The van der Waals surface area contributed by atoms with E-state index in [0.717, 1.165) is 18.6 Å². The highest BCUT2D eigenvalue weighted by molar-refractivity contribution is 6.06. The summed E-state index contributed by atoms with van der Waals surface area (Å²) in [6.45, 7) is 4.27. The second-order valence-corrected chi connectivity index (χ2v) is 10.7. The van der Waals surface area contributed by atoms with E-state index in [-0.39, 0.29) is 70.7 Å². The van der Waals surface area contributed by atoms with Crippen LogP contribution in [0.1, 0.15) is 46.5 Å². The number of ether oxygens (including phenoxy) is 4. The van der Waals surface area contributed by atoms with Crippen LogP contribution in [0.3, 0.4) is 0 Å². The molecule has 1 N–H and O–H groups in total. The lowest BCUT2D eigenvalue weighted by Gasteiger charge is -2.22. The average Bonchev–Trinajstić information content (AvgIpc) is 3.08. The first kappa shape index (κ1) is 34.1. The molecule has 0 spiro atoms. The summed E-state index contributed by atoms with van der Waals surface area (Å²) in [4.78, 5) is 53.4. The molecule has 1 aliphatic heterocycles. The molecule has 3 aromatic heterocycles. The first-order chi connectivity index (χ1) is 23.2. The fourth-order valence-corrected chi connectivity index (χ4v) is 5.74. The third-order valence-corrected chi connectivity index (χ3v) is 7.74. The largest absolute Gasteiger partial charge is 0.462 e. The quantitative estimate of drug-likeness (QED) is 0.183. The van der Waals surface area contributed by atoms with Gasteiger partial charge >= 0.3 is 11.9 Å². The molecule has 6 rings (SSSR count). The summed E-state index contributed by atoms with van der Waals surface area (Å²) < 4.78 is 52.1. The summed E-state index contributed by atoms with van der Waals surface area (Å²) in [5.74, 6) is -2.49. The van der Waals surface area contributed by atoms with Crippen LogP contribution in [-0.4, -0.2) is 60.0 Å². The van der Waals surface area contributed by atoms with Gasteiger partial charge in [-0.25, -0.2) is 18.4 Å². The van der Waals surface area contributed by atoms with E-state index in [4.69, 9.17) is 18.9 Å². The Balaban J connectivity index is 0.000000188. The van der Waals surface area contributed by atoms with Gasteiger partial charge in [0, 0.05) is 32.5 Å². The van der Waals surface area contributed by atoms with Crippen molar-refractivity contribution < 1.29 is 37.3 Å². The maximum Gasteiger partial charge on any atom is 0.338 e. The Kier molecular flexibility index (Phi) is 10.4. The standard InChI is InChI=1S/C17H19FN2O4.C17H15FN2O4/c2*1-3-24-17(22)10-7-12(18)14-13(8-10)20(9-23-2)16(21)11-5-4-6-19-15(11)14/h7-8,19H,3-6,9H2,1-2H3;4-8H,3,9H2,1-2H3. The highest BCUT2D eigenvalue weighted by atomic mass is 19.1. The smallest absolute Gasteiger partial charge is 0.338 e. The SMILES string of the molecule is CCOC(=O)c1cc(F)c2c3c(c(=O)n(COC)c2c1)CCCN3.CCOC(=O)c1cc(F)c2c3ncccc3c(=O)n(COC)c2c1. The molecule has 4 heterocycles. The Morgan fingerprint density at radius 3 is 2.00 bits per heavy atom. The van der Waals surface area contributed by atoms with Gasteiger partial charge in [0.25, 0.3) is 11.1 Å². The number of nitrogens with zero attached hydrogens (tertiary/aromatic N) is 3. The van der Waals surface area contributed by atoms with Crippen LogP contribution in [0, 0.1) is 11.6 Å². The molecule has 2 aromatic carbocycles. The predicted molar refractivity (Wildman–Crippen MR) is 174 cm³/mol. The summed E-state index contributed by atoms with van der Waals surface area (Å²) >= 11 is 0. The Morgan fingerprint density at radius 1 is 0.854 bits per heavy atom. The Hall–Kier alpha value is -5.21. The number of anilines is 1. The van der Waals surface area contributed by atoms with Gasteiger partial charge in [-0.15, -0.1) is 0 Å². The van der Waals surface area contributed by atoms with Crippen molar-refractivity contribution in [3.05, 3.63) is 91.6 Å². The molecule has 5 aromatic rings. The van der Waals surface area contributed by atoms with Crippen molar-refractivity contribution in [3.8, 4) is 0 Å². The van der Waals surface area contributed by atoms with Crippen molar-refractivity contribution in [2.75, 3.05) is 39.3 Å². The second kappa shape index (κ2) is 14.7. The number of aromatic nitrogens is 3. The number of methoxy groups -OCH3 is 2. The first-order valence-corrected chi connectivity index (χ1v) is 15.2. The zero-order valence-corrected chi connectivity index (χ0v) is 26.9. The van der Waals surface area contributed by atoms with Gasteiger partial charge < -0.3 is 24.3 Å². The number of hydrogen-bond donors (Lipinski definition) is 1. The number of benzene rings is 2. The van der Waals surface area contributed by atoms with Crippen molar-refractivity contribution in [3.63, 3.8) is 0 Å². The van der Waals surface area contributed by atoms with Crippen molar-refractivity contribution >= 4 is 50.3 Å². The molecule has 0 saturated heterocycles. The van der Waals surface area contributed by atoms with Crippen LogP contribution in [0.2, 0.25) is 0 Å². The number of hydrogen-bond acceptors (Lipinski definition) is 10. The van der Waals surface area contributed by atoms with Crippen molar-refractivity contribution in [1.29, 1.82) is 0 Å². The van der Waals surface area contributed by atoms with E-state index in [9.17, 15) is 28.0 Å². The van der Waals surface area contributed by atoms with Crippen LogP contribution >= 0.6 is 0 Å². The molecule has 0 bridgehead atoms. The minimum atomic E-state index is -0.657. The van der Waals surface area contributed by atoms with Gasteiger partial charge in [0.2, 0.25) is 0 Å². The normalized spacial score (nSPS) is 12.3. The molecule has 0 atom stereocenters. The van der Waals surface area contributed by atoms with E-state index in [1.807, 2.05) is 0 Å². The summed E-state index contributed by atoms with van der Waals surface area (Å²) in [6, 6.07) is 8.33. The Morgan fingerprint density at radius 2 is 1.42 bits per heavy atom. The third-order valence-electron chi connectivity index (χ3n) is 7.74. The van der Waals surface area contributed by atoms with Crippen LogP contribution in [0.15, 0.2) is 52.2 Å². The van der Waals surface area contributed by atoms with Crippen molar-refractivity contribution in [1.82, 2.24) is 14.1 Å². The van der Waals surface area contributed by atoms with Gasteiger partial charge in [-0.2, -0.15) is 0 Å². The van der Waals surface area contributed by atoms with Gasteiger partial charge in [-0.05, 0) is 63.1 Å². The maximum atomic E-state index is 14.8. The number of halogens is 2. The molecule has 14 heteroatoms. The van der Waals surface area contributed by atoms with Crippen LogP contribution < -0.4 is 16.4 Å². The molecular weight excluding hydrogens is 630 g/mol. The molecule has 0 unspecified atom stereocenters. The highest BCUT2D eigenvalue weighted by Gasteiger charge is 2.24. The van der Waals surface area contributed by atoms with Gasteiger partial charge in [0.1, 0.15) is 25.1 Å². The van der Waals surface area contributed by atoms with Crippen LogP contribution in [-0.2, 0) is 38.8 Å². The molecule has 0 radical (unpaired) electrons. The monoisotopic (exact) mass is 664 g/mol. The number of carbonyl (C=O) groups is 2. The van der Waals surface area contributed by atoms with Gasteiger partial charge in [0.05, 0.1) is 62.7 Å². The third kappa shape index (κ3) is 6.36. The predicted octanol–water partition coefficient (Wildman–Crippen LogP) is 4.75. The lowest BCUT2D eigenvalue weighted by molar-refractivity contribution is 0.0516. The molecule has 0 aliphatic carbocycles. The van der Waals surface area contributed by atoms with Crippen LogP contribution in [0.25, 0.3) is 32.7 Å². The number of fused-ring (bicyclic) bond motifs is 6. The van der Waals surface area contributed by atoms with E-state index >= 15 is 0 Å². The topological polar surface area (TPSA) is 140 Å². The molecule has 12 nitrogen and oxygen atoms in total. The fourth-order valence-electron chi connectivity index (χ4n) is 5.74. The van der Waals surface area contributed by atoms with E-state index in [1.165, 1.54) is 41.7 Å². The van der Waals surface area contributed by atoms with Gasteiger partial charge in [0.15, 0.2) is 0 Å². The zero-order chi connectivity index (χ0) is 34.5. The summed E-state index contributed by atoms with van der Waals surface area (Å²) in [5, 5.41) is 3.87. The average molecular weight is 665 g/mol. The number of pyridine rings is 3. The van der Waals surface area contributed by atoms with Gasteiger partial charge in [-0.3, -0.25) is 23.7 Å². The van der Waals surface area contributed by atoms with Crippen LogP contribution in [0.4, 0.5) is 14.5 Å². The number of nitrogens with one attached hydrogen (secondary N) is 1. The van der Waals surface area contributed by atoms with Crippen molar-refractivity contribution in [2.45, 2.75) is 40.2 Å². The molecule has 48 heavy (non-hydrogen) atoms. The summed E-state index contributed by atoms with van der Waals surface area (Å²) in [6.07, 6.45) is 2.88. The van der Waals surface area contributed by atoms with E-state index < -0.39 is 23.6 Å². The Bertz CT molecular complexity index is 2160. The number of esters is 2. The fraction of sp³-hybridized carbons (Fsp3) is 0.324. The lowest BCUT2D eigenvalue weighted by Crippen LogP contribution is -2.30. The van der Waals surface area contributed by atoms with E-state index in [0.29, 0.717) is 35.1 Å². The molecular formula is C34H34F2N4O8. The minimum absolute atomic E-state index is 0.0195. The number of carbonyl (C=O) groups excluding carboxylic acids is 2. The summed E-state index contributed by atoms with van der Waals surface area (Å²) in [5.41, 5.74) is 1.37. The minimum Gasteiger partial charge on any atom is -0.462 e. The second-order valence-electron chi connectivity index (χ2n) is 10.7. The maximum absolute atomic E-state index is 14.8. The van der Waals surface area contributed by atoms with Crippen molar-refractivity contribution in [2.24, 2.45) is 0 Å². The highest BCUT2D eigenvalue weighted by Crippen LogP contribution is 2.32. The number of rotatable bonds is 8. The van der Waals surface area contributed by atoms with E-state index in [2.05, 4.69) is 10.3 Å². The molecule has 0 saturated carbocycles. The molecule has 0 fully saturated rings. The Labute approximate surface area is 272 Å². The molecule has 0 amide bonds. The van der Waals surface area contributed by atoms with Crippen LogP contribution in [0.5, 0.6) is 0 Å². The molecule has 252 valence electrons. The first-order valence-electron chi connectivity index (χ1n) is 15.2. The van der Waals surface area contributed by atoms with Gasteiger partial charge in [-0.1, -0.05) is 0 Å². The van der Waals surface area contributed by atoms with E-state index in [1.54, 1.807) is 26.0 Å². The zero-order valence-electron chi connectivity index (χ0n) is 26.9. The summed E-state index contributed by atoms with van der Waals surface area (Å²) in [7, 11) is 2.89. The lowest BCUT2D eigenvalue weighted by atomic mass is 9.99. The molecule has 1 aliphatic rings.